The van der Waals surface area contributed by atoms with Gasteiger partial charge in [0.25, 0.3) is 0 Å². The molecule has 0 amide bonds. The maximum Gasteiger partial charge on any atom is 0.165 e. The number of ketones is 1. The van der Waals surface area contributed by atoms with Gasteiger partial charge in [-0.05, 0) is 42.7 Å². The van der Waals surface area contributed by atoms with Gasteiger partial charge in [-0.2, -0.15) is 0 Å². The fraction of sp³-hybridized carbons (Fsp3) is 0.435. The van der Waals surface area contributed by atoms with Gasteiger partial charge in [0, 0.05) is 50.6 Å². The van der Waals surface area contributed by atoms with Gasteiger partial charge in [-0.1, -0.05) is 30.3 Å². The molecule has 2 aliphatic rings. The van der Waals surface area contributed by atoms with Gasteiger partial charge in [-0.3, -0.25) is 4.79 Å². The van der Waals surface area contributed by atoms with Gasteiger partial charge >= 0.3 is 0 Å². The highest BCUT2D eigenvalue weighted by Gasteiger charge is 2.30. The van der Waals surface area contributed by atoms with E-state index in [9.17, 15) is 4.79 Å². The number of rotatable bonds is 8. The highest BCUT2D eigenvalue weighted by atomic mass is 16.5. The SMILES string of the molecule is O=C(c1ccc(O[C@H](CCN2CCNCC2)c2ccccc2)cc1)C1CC1. The first-order valence-corrected chi connectivity index (χ1v) is 10.1. The van der Waals surface area contributed by atoms with Crippen LogP contribution in [-0.2, 0) is 0 Å². The van der Waals surface area contributed by atoms with Crippen molar-refractivity contribution >= 4 is 5.78 Å². The first kappa shape index (κ1) is 18.2. The molecule has 4 heteroatoms. The first-order valence-electron chi connectivity index (χ1n) is 10.1. The van der Waals surface area contributed by atoms with Gasteiger partial charge < -0.3 is 15.0 Å². The highest BCUT2D eigenvalue weighted by Crippen LogP contribution is 2.33. The van der Waals surface area contributed by atoms with Crippen molar-refractivity contribution in [3.05, 3.63) is 65.7 Å². The van der Waals surface area contributed by atoms with Gasteiger partial charge in [-0.15, -0.1) is 0 Å². The summed E-state index contributed by atoms with van der Waals surface area (Å²) in [6, 6.07) is 18.1. The summed E-state index contributed by atoms with van der Waals surface area (Å²) in [6.07, 6.45) is 3.05. The zero-order valence-electron chi connectivity index (χ0n) is 15.8. The van der Waals surface area contributed by atoms with Crippen LogP contribution >= 0.6 is 0 Å². The summed E-state index contributed by atoms with van der Waals surface area (Å²) in [5, 5.41) is 3.40. The third-order valence-electron chi connectivity index (χ3n) is 5.45. The Labute approximate surface area is 161 Å². The lowest BCUT2D eigenvalue weighted by molar-refractivity contribution is 0.0967. The number of Topliss-reactive ketones (excluding diaryl/α,β-unsaturated/α-hetero) is 1. The van der Waals surface area contributed by atoms with E-state index in [1.807, 2.05) is 30.3 Å². The number of nitrogens with zero attached hydrogens (tertiary/aromatic N) is 1. The van der Waals surface area contributed by atoms with Crippen molar-refractivity contribution in [3.8, 4) is 5.75 Å². The smallest absolute Gasteiger partial charge is 0.165 e. The Morgan fingerprint density at radius 1 is 1.04 bits per heavy atom. The minimum absolute atomic E-state index is 0.0195. The van der Waals surface area contributed by atoms with E-state index in [4.69, 9.17) is 4.74 Å². The third-order valence-corrected chi connectivity index (χ3v) is 5.45. The minimum atomic E-state index is 0.0195. The number of piperazine rings is 1. The summed E-state index contributed by atoms with van der Waals surface area (Å²) in [7, 11) is 0. The van der Waals surface area contributed by atoms with E-state index in [1.54, 1.807) is 0 Å². The van der Waals surface area contributed by atoms with Crippen molar-refractivity contribution in [2.45, 2.75) is 25.4 Å². The average Bonchev–Trinajstić information content (AvgIpc) is 3.58. The van der Waals surface area contributed by atoms with Crippen molar-refractivity contribution in [3.63, 3.8) is 0 Å². The second kappa shape index (κ2) is 8.68. The minimum Gasteiger partial charge on any atom is -0.486 e. The lowest BCUT2D eigenvalue weighted by atomic mass is 10.1. The van der Waals surface area contributed by atoms with E-state index in [0.29, 0.717) is 0 Å². The zero-order chi connectivity index (χ0) is 18.5. The number of carbonyl (C=O) groups is 1. The van der Waals surface area contributed by atoms with Crippen LogP contribution in [0.1, 0.15) is 41.3 Å². The Bertz CT molecular complexity index is 735. The molecule has 27 heavy (non-hydrogen) atoms. The molecule has 1 saturated carbocycles. The predicted octanol–water partition coefficient (Wildman–Crippen LogP) is 3.69. The Hall–Kier alpha value is -2.17. The lowest BCUT2D eigenvalue weighted by Crippen LogP contribution is -2.44. The first-order chi connectivity index (χ1) is 13.3. The van der Waals surface area contributed by atoms with E-state index in [2.05, 4.69) is 34.5 Å². The quantitative estimate of drug-likeness (QED) is 0.726. The second-order valence-corrected chi connectivity index (χ2v) is 7.56. The molecule has 0 radical (unpaired) electrons. The molecule has 1 heterocycles. The lowest BCUT2D eigenvalue weighted by Gasteiger charge is -2.29. The molecule has 1 atom stereocenters. The summed E-state index contributed by atoms with van der Waals surface area (Å²) >= 11 is 0. The molecule has 2 fully saturated rings. The number of nitrogens with one attached hydrogen (secondary N) is 1. The van der Waals surface area contributed by atoms with Crippen molar-refractivity contribution in [2.75, 3.05) is 32.7 Å². The summed E-state index contributed by atoms with van der Waals surface area (Å²) in [5.74, 6) is 1.37. The molecule has 0 aromatic heterocycles. The molecule has 0 spiro atoms. The van der Waals surface area contributed by atoms with E-state index >= 15 is 0 Å². The van der Waals surface area contributed by atoms with Gasteiger partial charge in [0.15, 0.2) is 5.78 Å². The van der Waals surface area contributed by atoms with Crippen molar-refractivity contribution in [2.24, 2.45) is 5.92 Å². The Morgan fingerprint density at radius 3 is 2.41 bits per heavy atom. The number of benzene rings is 2. The fourth-order valence-corrected chi connectivity index (χ4v) is 3.64. The molecule has 1 saturated heterocycles. The number of ether oxygens (including phenoxy) is 1. The highest BCUT2D eigenvalue weighted by molar-refractivity contribution is 5.99. The third kappa shape index (κ3) is 4.96. The molecule has 4 nitrogen and oxygen atoms in total. The normalized spacial score (nSPS) is 18.8. The standard InChI is InChI=1S/C23H28N2O2/c26-23(19-6-7-19)20-8-10-21(11-9-20)27-22(18-4-2-1-3-5-18)12-15-25-16-13-24-14-17-25/h1-5,8-11,19,22,24H,6-7,12-17H2/t22-/m1/s1. The van der Waals surface area contributed by atoms with Crippen molar-refractivity contribution in [1.29, 1.82) is 0 Å². The van der Waals surface area contributed by atoms with Crippen LogP contribution in [0.2, 0.25) is 0 Å². The molecule has 2 aromatic rings. The largest absolute Gasteiger partial charge is 0.486 e. The maximum absolute atomic E-state index is 12.2. The molecule has 0 unspecified atom stereocenters. The summed E-state index contributed by atoms with van der Waals surface area (Å²) < 4.78 is 6.35. The molecule has 142 valence electrons. The van der Waals surface area contributed by atoms with Crippen LogP contribution in [0.5, 0.6) is 5.75 Å². The molecule has 1 aliphatic carbocycles. The van der Waals surface area contributed by atoms with Crippen LogP contribution in [0.4, 0.5) is 0 Å². The van der Waals surface area contributed by atoms with Gasteiger partial charge in [0.1, 0.15) is 11.9 Å². The molecule has 4 rings (SSSR count). The number of hydrogen-bond acceptors (Lipinski definition) is 4. The van der Waals surface area contributed by atoms with Gasteiger partial charge in [-0.25, -0.2) is 0 Å². The fourth-order valence-electron chi connectivity index (χ4n) is 3.64. The monoisotopic (exact) mass is 364 g/mol. The molecule has 1 aliphatic heterocycles. The molecular weight excluding hydrogens is 336 g/mol. The van der Waals surface area contributed by atoms with E-state index in [-0.39, 0.29) is 17.8 Å². The summed E-state index contributed by atoms with van der Waals surface area (Å²) in [5.41, 5.74) is 2.01. The average molecular weight is 364 g/mol. The number of carbonyl (C=O) groups excluding carboxylic acids is 1. The van der Waals surface area contributed by atoms with Gasteiger partial charge in [0.05, 0.1) is 0 Å². The summed E-state index contributed by atoms with van der Waals surface area (Å²) in [6.45, 7) is 5.35. The Morgan fingerprint density at radius 2 is 1.74 bits per heavy atom. The van der Waals surface area contributed by atoms with Crippen LogP contribution in [0.3, 0.4) is 0 Å². The van der Waals surface area contributed by atoms with Gasteiger partial charge in [0.2, 0.25) is 0 Å². The van der Waals surface area contributed by atoms with Crippen LogP contribution in [0.25, 0.3) is 0 Å². The second-order valence-electron chi connectivity index (χ2n) is 7.56. The van der Waals surface area contributed by atoms with Crippen LogP contribution in [0, 0.1) is 5.92 Å². The topological polar surface area (TPSA) is 41.6 Å². The molecular formula is C23H28N2O2. The van der Waals surface area contributed by atoms with Crippen molar-refractivity contribution < 1.29 is 9.53 Å². The Balaban J connectivity index is 1.42. The maximum atomic E-state index is 12.2. The van der Waals surface area contributed by atoms with E-state index < -0.39 is 0 Å². The Kier molecular flexibility index (Phi) is 5.85. The summed E-state index contributed by atoms with van der Waals surface area (Å²) in [4.78, 5) is 14.7. The molecule has 2 aromatic carbocycles. The van der Waals surface area contributed by atoms with Crippen LogP contribution in [0.15, 0.2) is 54.6 Å². The zero-order valence-corrected chi connectivity index (χ0v) is 15.8. The van der Waals surface area contributed by atoms with Crippen LogP contribution < -0.4 is 10.1 Å². The van der Waals surface area contributed by atoms with E-state index in [0.717, 1.165) is 63.3 Å². The van der Waals surface area contributed by atoms with Crippen LogP contribution in [-0.4, -0.2) is 43.4 Å². The van der Waals surface area contributed by atoms with Crippen molar-refractivity contribution in [1.82, 2.24) is 10.2 Å². The molecule has 1 N–H and O–H groups in total. The number of hydrogen-bond donors (Lipinski definition) is 1. The predicted molar refractivity (Wildman–Crippen MR) is 107 cm³/mol. The molecule has 0 bridgehead atoms. The van der Waals surface area contributed by atoms with E-state index in [1.165, 1.54) is 5.56 Å².